The topological polar surface area (TPSA) is 48.0 Å². The van der Waals surface area contributed by atoms with Gasteiger partial charge in [0.25, 0.3) is 0 Å². The number of ether oxygens (including phenoxy) is 3. The highest BCUT2D eigenvalue weighted by Crippen LogP contribution is 2.26. The van der Waals surface area contributed by atoms with Crippen LogP contribution in [0.2, 0.25) is 0 Å². The third-order valence-electron chi connectivity index (χ3n) is 4.80. The highest BCUT2D eigenvalue weighted by atomic mass is 16.7. The van der Waals surface area contributed by atoms with Crippen molar-refractivity contribution >= 4 is 5.91 Å². The van der Waals surface area contributed by atoms with Crippen LogP contribution in [0.4, 0.5) is 0 Å². The molecule has 3 rings (SSSR count). The fourth-order valence-electron chi connectivity index (χ4n) is 3.56. The van der Waals surface area contributed by atoms with Gasteiger partial charge < -0.3 is 19.1 Å². The molecule has 0 aliphatic carbocycles. The Kier molecular flexibility index (Phi) is 5.74. The summed E-state index contributed by atoms with van der Waals surface area (Å²) in [4.78, 5) is 14.6. The van der Waals surface area contributed by atoms with Crippen LogP contribution in [0.15, 0.2) is 18.2 Å². The Morgan fingerprint density at radius 3 is 2.62 bits per heavy atom. The van der Waals surface area contributed by atoms with Crippen molar-refractivity contribution in [1.29, 1.82) is 0 Å². The summed E-state index contributed by atoms with van der Waals surface area (Å²) in [5.41, 5.74) is 2.21. The van der Waals surface area contributed by atoms with E-state index in [1.165, 1.54) is 0 Å². The molecule has 0 spiro atoms. The maximum atomic E-state index is 12.7. The molecule has 0 N–H and O–H groups in total. The molecule has 5 nitrogen and oxygen atoms in total. The molecule has 2 fully saturated rings. The summed E-state index contributed by atoms with van der Waals surface area (Å²) in [7, 11) is 0. The molecule has 0 saturated carbocycles. The van der Waals surface area contributed by atoms with Gasteiger partial charge in [-0.15, -0.1) is 0 Å². The number of carbonyl (C=O) groups is 1. The normalized spacial score (nSPS) is 21.9. The van der Waals surface area contributed by atoms with Gasteiger partial charge in [-0.1, -0.05) is 18.2 Å². The zero-order valence-electron chi connectivity index (χ0n) is 14.6. The van der Waals surface area contributed by atoms with Crippen LogP contribution in [0.1, 0.15) is 36.8 Å². The highest BCUT2D eigenvalue weighted by molar-refractivity contribution is 5.76. The molecule has 2 aliphatic rings. The van der Waals surface area contributed by atoms with Gasteiger partial charge in [-0.3, -0.25) is 4.79 Å². The monoisotopic (exact) mass is 333 g/mol. The first kappa shape index (κ1) is 17.2. The van der Waals surface area contributed by atoms with Crippen molar-refractivity contribution in [2.45, 2.75) is 51.9 Å². The molecule has 1 aromatic carbocycles. The molecule has 1 amide bonds. The van der Waals surface area contributed by atoms with Gasteiger partial charge in [-0.2, -0.15) is 0 Å². The molecule has 2 heterocycles. The van der Waals surface area contributed by atoms with Crippen molar-refractivity contribution in [3.05, 3.63) is 29.3 Å². The van der Waals surface area contributed by atoms with Crippen molar-refractivity contribution in [1.82, 2.24) is 4.90 Å². The van der Waals surface area contributed by atoms with E-state index in [0.717, 1.165) is 42.7 Å². The molecule has 2 saturated heterocycles. The average molecular weight is 333 g/mol. The van der Waals surface area contributed by atoms with Crippen molar-refractivity contribution < 1.29 is 19.0 Å². The third kappa shape index (κ3) is 3.90. The van der Waals surface area contributed by atoms with E-state index in [-0.39, 0.29) is 18.2 Å². The maximum absolute atomic E-state index is 12.7. The van der Waals surface area contributed by atoms with Crippen molar-refractivity contribution in [2.75, 3.05) is 26.4 Å². The zero-order chi connectivity index (χ0) is 16.9. The number of amides is 1. The summed E-state index contributed by atoms with van der Waals surface area (Å²) in [6.07, 6.45) is 3.25. The summed E-state index contributed by atoms with van der Waals surface area (Å²) in [6.45, 7) is 6.49. The lowest BCUT2D eigenvalue weighted by atomic mass is 10.0. The minimum atomic E-state index is -0.256. The van der Waals surface area contributed by atoms with Gasteiger partial charge in [0.15, 0.2) is 6.29 Å². The van der Waals surface area contributed by atoms with Gasteiger partial charge in [0, 0.05) is 6.54 Å². The van der Waals surface area contributed by atoms with Crippen LogP contribution in [-0.2, 0) is 14.3 Å². The summed E-state index contributed by atoms with van der Waals surface area (Å²) in [5.74, 6) is 1.02. The maximum Gasteiger partial charge on any atom is 0.226 e. The number of rotatable bonds is 5. The van der Waals surface area contributed by atoms with Gasteiger partial charge in [0.1, 0.15) is 5.75 Å². The molecule has 1 atom stereocenters. The van der Waals surface area contributed by atoms with Crippen molar-refractivity contribution in [3.63, 3.8) is 0 Å². The molecule has 0 radical (unpaired) electrons. The number of nitrogens with zero attached hydrogens (tertiary/aromatic N) is 1. The van der Waals surface area contributed by atoms with E-state index < -0.39 is 0 Å². The van der Waals surface area contributed by atoms with Gasteiger partial charge in [-0.05, 0) is 44.2 Å². The number of hydrogen-bond donors (Lipinski definition) is 0. The van der Waals surface area contributed by atoms with Crippen LogP contribution in [0.25, 0.3) is 0 Å². The van der Waals surface area contributed by atoms with E-state index in [1.807, 2.05) is 36.9 Å². The molecule has 1 unspecified atom stereocenters. The summed E-state index contributed by atoms with van der Waals surface area (Å²) in [6, 6.07) is 6.12. The Morgan fingerprint density at radius 2 is 1.92 bits per heavy atom. The quantitative estimate of drug-likeness (QED) is 0.831. The van der Waals surface area contributed by atoms with Gasteiger partial charge in [-0.25, -0.2) is 0 Å². The standard InChI is InChI=1S/C19H27NO4/c1-14-6-5-7-15(2)18(14)22-11-9-17(21)20-10-4-3-8-16(20)19-23-12-13-24-19/h5-7,16,19H,3-4,8-13H2,1-2H3. The Balaban J connectivity index is 1.55. The van der Waals surface area contributed by atoms with Crippen LogP contribution >= 0.6 is 0 Å². The van der Waals surface area contributed by atoms with E-state index in [1.54, 1.807) is 0 Å². The predicted octanol–water partition coefficient (Wildman–Crippen LogP) is 2.83. The number of piperidine rings is 1. The predicted molar refractivity (Wildman–Crippen MR) is 91.1 cm³/mol. The van der Waals surface area contributed by atoms with Crippen LogP contribution in [0, 0.1) is 13.8 Å². The lowest BCUT2D eigenvalue weighted by molar-refractivity contribution is -0.151. The average Bonchev–Trinajstić information content (AvgIpc) is 3.12. The second kappa shape index (κ2) is 7.99. The number of likely N-dealkylation sites (tertiary alicyclic amines) is 1. The van der Waals surface area contributed by atoms with Crippen LogP contribution in [0.5, 0.6) is 5.75 Å². The lowest BCUT2D eigenvalue weighted by Gasteiger charge is -2.38. The number of carbonyl (C=O) groups excluding carboxylic acids is 1. The summed E-state index contributed by atoms with van der Waals surface area (Å²) in [5, 5.41) is 0. The molecule has 24 heavy (non-hydrogen) atoms. The van der Waals surface area contributed by atoms with E-state index >= 15 is 0 Å². The molecule has 0 aromatic heterocycles. The summed E-state index contributed by atoms with van der Waals surface area (Å²) >= 11 is 0. The third-order valence-corrected chi connectivity index (χ3v) is 4.80. The molecule has 132 valence electrons. The van der Waals surface area contributed by atoms with Crippen LogP contribution < -0.4 is 4.74 Å². The number of aryl methyl sites for hydroxylation is 2. The Morgan fingerprint density at radius 1 is 1.21 bits per heavy atom. The first-order valence-corrected chi connectivity index (χ1v) is 8.88. The zero-order valence-corrected chi connectivity index (χ0v) is 14.6. The minimum Gasteiger partial charge on any atom is -0.493 e. The van der Waals surface area contributed by atoms with Crippen molar-refractivity contribution in [3.8, 4) is 5.75 Å². The van der Waals surface area contributed by atoms with E-state index in [0.29, 0.717) is 26.2 Å². The van der Waals surface area contributed by atoms with Crippen LogP contribution in [0.3, 0.4) is 0 Å². The van der Waals surface area contributed by atoms with Gasteiger partial charge in [0.05, 0.1) is 32.3 Å². The smallest absolute Gasteiger partial charge is 0.226 e. The number of benzene rings is 1. The van der Waals surface area contributed by atoms with E-state index in [9.17, 15) is 4.79 Å². The molecule has 5 heteroatoms. The molecular weight excluding hydrogens is 306 g/mol. The number of para-hydroxylation sites is 1. The Hall–Kier alpha value is -1.59. The molecular formula is C19H27NO4. The second-order valence-electron chi connectivity index (χ2n) is 6.58. The van der Waals surface area contributed by atoms with E-state index in [2.05, 4.69) is 0 Å². The van der Waals surface area contributed by atoms with E-state index in [4.69, 9.17) is 14.2 Å². The fourth-order valence-corrected chi connectivity index (χ4v) is 3.56. The highest BCUT2D eigenvalue weighted by Gasteiger charge is 2.35. The molecule has 1 aromatic rings. The largest absolute Gasteiger partial charge is 0.493 e. The summed E-state index contributed by atoms with van der Waals surface area (Å²) < 4.78 is 17.1. The molecule has 0 bridgehead atoms. The first-order chi connectivity index (χ1) is 11.7. The van der Waals surface area contributed by atoms with Gasteiger partial charge >= 0.3 is 0 Å². The minimum absolute atomic E-state index is 0.0500. The van der Waals surface area contributed by atoms with Crippen molar-refractivity contribution in [2.24, 2.45) is 0 Å². The lowest BCUT2D eigenvalue weighted by Crippen LogP contribution is -2.50. The SMILES string of the molecule is Cc1cccc(C)c1OCCC(=O)N1CCCCC1C1OCCO1. The second-order valence-corrected chi connectivity index (χ2v) is 6.58. The molecule has 2 aliphatic heterocycles. The Labute approximate surface area is 143 Å². The van der Waals surface area contributed by atoms with Gasteiger partial charge in [0.2, 0.25) is 5.91 Å². The first-order valence-electron chi connectivity index (χ1n) is 8.88. The Bertz CT molecular complexity index is 548. The fraction of sp³-hybridized carbons (Fsp3) is 0.632. The number of hydrogen-bond acceptors (Lipinski definition) is 4. The van der Waals surface area contributed by atoms with Crippen LogP contribution in [-0.4, -0.2) is 49.5 Å².